The van der Waals surface area contributed by atoms with Gasteiger partial charge in [-0.05, 0) is 18.6 Å². The number of rotatable bonds is 3. The summed E-state index contributed by atoms with van der Waals surface area (Å²) in [5.41, 5.74) is 1.00. The molecule has 74 valence electrons. The topological polar surface area (TPSA) is 30.7 Å². The number of unbranched alkanes of at least 4 members (excludes halogenated alkanes) is 1. The van der Waals surface area contributed by atoms with E-state index < -0.39 is 0 Å². The largest absolute Gasteiger partial charge is 0.334 e. The van der Waals surface area contributed by atoms with Crippen molar-refractivity contribution in [2.45, 2.75) is 26.2 Å². The van der Waals surface area contributed by atoms with E-state index in [1.807, 2.05) is 29.9 Å². The molecule has 2 heterocycles. The summed E-state index contributed by atoms with van der Waals surface area (Å²) >= 11 is 0. The molecule has 0 spiro atoms. The van der Waals surface area contributed by atoms with Crippen LogP contribution in [0.5, 0.6) is 0 Å². The minimum atomic E-state index is 0.976. The van der Waals surface area contributed by atoms with Crippen molar-refractivity contribution in [2.75, 3.05) is 0 Å². The summed E-state index contributed by atoms with van der Waals surface area (Å²) in [7, 11) is 2.00. The number of hydrogen-bond acceptors (Lipinski definition) is 2. The molecule has 0 aromatic rings. The predicted molar refractivity (Wildman–Crippen MR) is 56.2 cm³/mol. The van der Waals surface area contributed by atoms with Crippen LogP contribution < -0.4 is 0 Å². The molecule has 0 aromatic carbocycles. The van der Waals surface area contributed by atoms with Crippen LogP contribution in [0.2, 0.25) is 0 Å². The van der Waals surface area contributed by atoms with Crippen molar-refractivity contribution >= 4 is 0 Å². The predicted octanol–water partition coefficient (Wildman–Crippen LogP) is 2.26. The Balaban J connectivity index is 2.32. The second-order valence-electron chi connectivity index (χ2n) is 3.57. The van der Waals surface area contributed by atoms with E-state index >= 15 is 0 Å². The van der Waals surface area contributed by atoms with Gasteiger partial charge in [0, 0.05) is 19.7 Å². The normalized spacial score (nSPS) is 11.0. The highest BCUT2D eigenvalue weighted by atomic mass is 15.1. The molecule has 0 bridgehead atoms. The Morgan fingerprint density at radius 1 is 1.36 bits per heavy atom. The molecule has 0 amide bonds. The molecule has 0 fully saturated rings. The lowest BCUT2D eigenvalue weighted by atomic mass is 10.2. The minimum absolute atomic E-state index is 0.976. The average Bonchev–Trinajstić information content (AvgIpc) is 2.59. The Labute approximate surface area is 84.2 Å². The van der Waals surface area contributed by atoms with Gasteiger partial charge in [-0.15, -0.1) is 0 Å². The van der Waals surface area contributed by atoms with Gasteiger partial charge in [0.15, 0.2) is 5.82 Å². The Morgan fingerprint density at radius 3 is 2.93 bits per heavy atom. The number of imidazole rings is 1. The molecule has 0 N–H and O–H groups in total. The van der Waals surface area contributed by atoms with E-state index in [1.165, 1.54) is 12.8 Å². The molecule has 3 nitrogen and oxygen atoms in total. The van der Waals surface area contributed by atoms with Crippen LogP contribution in [0.4, 0.5) is 0 Å². The molecule has 0 saturated heterocycles. The molecule has 2 aliphatic heterocycles. The molecule has 3 heteroatoms. The van der Waals surface area contributed by atoms with Gasteiger partial charge in [0.25, 0.3) is 0 Å². The first-order valence-electron chi connectivity index (χ1n) is 5.09. The molecule has 0 radical (unpaired) electrons. The third-order valence-corrected chi connectivity index (χ3v) is 2.37. The molecular formula is C11H15N3. The Morgan fingerprint density at radius 2 is 2.21 bits per heavy atom. The molecule has 14 heavy (non-hydrogen) atoms. The summed E-state index contributed by atoms with van der Waals surface area (Å²) in [5, 5.41) is 0. The molecule has 0 atom stereocenters. The monoisotopic (exact) mass is 189 g/mol. The third-order valence-electron chi connectivity index (χ3n) is 2.37. The average molecular weight is 189 g/mol. The number of nitrogens with zero attached hydrogens (tertiary/aromatic N) is 3. The maximum atomic E-state index is 4.50. The van der Waals surface area contributed by atoms with Crippen LogP contribution >= 0.6 is 0 Å². The molecule has 0 aliphatic carbocycles. The highest BCUT2D eigenvalue weighted by Gasteiger charge is 2.10. The van der Waals surface area contributed by atoms with Crippen molar-refractivity contribution in [1.82, 2.24) is 14.5 Å². The van der Waals surface area contributed by atoms with Gasteiger partial charge < -0.3 is 4.57 Å². The molecule has 0 aromatic heterocycles. The van der Waals surface area contributed by atoms with Crippen LogP contribution in [0.1, 0.15) is 25.6 Å². The fourth-order valence-corrected chi connectivity index (χ4v) is 1.55. The lowest BCUT2D eigenvalue weighted by Gasteiger charge is -2.01. The summed E-state index contributed by atoms with van der Waals surface area (Å²) in [4.78, 5) is 8.98. The van der Waals surface area contributed by atoms with Crippen molar-refractivity contribution < 1.29 is 0 Å². The highest BCUT2D eigenvalue weighted by molar-refractivity contribution is 5.51. The fraction of sp³-hybridized carbons (Fsp3) is 0.455. The van der Waals surface area contributed by atoms with Gasteiger partial charge in [0.1, 0.15) is 11.5 Å². The van der Waals surface area contributed by atoms with Crippen LogP contribution in [0.15, 0.2) is 18.3 Å². The van der Waals surface area contributed by atoms with Gasteiger partial charge in [-0.1, -0.05) is 13.3 Å². The molecule has 2 aliphatic rings. The summed E-state index contributed by atoms with van der Waals surface area (Å²) in [6, 6.07) is 4.01. The van der Waals surface area contributed by atoms with Crippen molar-refractivity contribution in [3.63, 3.8) is 0 Å². The summed E-state index contributed by atoms with van der Waals surface area (Å²) in [6.07, 6.45) is 5.35. The Bertz CT molecular complexity index is 392. The number of aromatic nitrogens is 3. The lowest BCUT2D eigenvalue weighted by molar-refractivity contribution is 0.761. The van der Waals surface area contributed by atoms with Gasteiger partial charge in [-0.3, -0.25) is 0 Å². The van der Waals surface area contributed by atoms with E-state index in [9.17, 15) is 0 Å². The zero-order valence-electron chi connectivity index (χ0n) is 8.70. The summed E-state index contributed by atoms with van der Waals surface area (Å²) in [6.45, 7) is 2.18. The zero-order chi connectivity index (χ0) is 9.97. The third kappa shape index (κ3) is 1.62. The van der Waals surface area contributed by atoms with Crippen LogP contribution in [-0.4, -0.2) is 14.5 Å². The van der Waals surface area contributed by atoms with E-state index in [0.717, 1.165) is 23.8 Å². The quantitative estimate of drug-likeness (QED) is 0.741. The zero-order valence-corrected chi connectivity index (χ0v) is 8.70. The first-order valence-corrected chi connectivity index (χ1v) is 5.09. The summed E-state index contributed by atoms with van der Waals surface area (Å²) < 4.78 is 2.01. The van der Waals surface area contributed by atoms with E-state index in [2.05, 4.69) is 16.9 Å². The van der Waals surface area contributed by atoms with Crippen LogP contribution in [0, 0.1) is 0 Å². The molecular weight excluding hydrogens is 174 g/mol. The maximum absolute atomic E-state index is 4.50. The van der Waals surface area contributed by atoms with Crippen LogP contribution in [0.25, 0.3) is 11.5 Å². The first-order chi connectivity index (χ1) is 6.81. The van der Waals surface area contributed by atoms with Gasteiger partial charge in [0.2, 0.25) is 0 Å². The standard InChI is InChI=1S/C11H15N3/c1-3-4-7-10-12-9-6-5-8-14(2)11(9)13-10/h5-6,8H,3-4,7H2,1-2H3. The molecule has 2 rings (SSSR count). The lowest BCUT2D eigenvalue weighted by Crippen LogP contribution is -1.95. The SMILES string of the molecule is CCCCc1nc2cccn(C)c-2n1. The number of fused-ring (bicyclic) bond motifs is 1. The second-order valence-corrected chi connectivity index (χ2v) is 3.57. The van der Waals surface area contributed by atoms with Gasteiger partial charge in [-0.2, -0.15) is 0 Å². The van der Waals surface area contributed by atoms with Crippen molar-refractivity contribution in [1.29, 1.82) is 0 Å². The Hall–Kier alpha value is -1.38. The second kappa shape index (κ2) is 3.78. The van der Waals surface area contributed by atoms with E-state index in [0.29, 0.717) is 0 Å². The van der Waals surface area contributed by atoms with Crippen molar-refractivity contribution in [3.8, 4) is 11.5 Å². The van der Waals surface area contributed by atoms with E-state index in [4.69, 9.17) is 0 Å². The smallest absolute Gasteiger partial charge is 0.160 e. The van der Waals surface area contributed by atoms with Crippen molar-refractivity contribution in [3.05, 3.63) is 24.2 Å². The molecule has 0 unspecified atom stereocenters. The number of aryl methyl sites for hydroxylation is 2. The Kier molecular flexibility index (Phi) is 2.48. The van der Waals surface area contributed by atoms with Crippen molar-refractivity contribution in [2.24, 2.45) is 7.05 Å². The molecule has 0 saturated carbocycles. The van der Waals surface area contributed by atoms with Crippen LogP contribution in [-0.2, 0) is 13.5 Å². The fourth-order valence-electron chi connectivity index (χ4n) is 1.55. The van der Waals surface area contributed by atoms with Crippen LogP contribution in [0.3, 0.4) is 0 Å². The maximum Gasteiger partial charge on any atom is 0.160 e. The highest BCUT2D eigenvalue weighted by Crippen LogP contribution is 2.17. The van der Waals surface area contributed by atoms with E-state index in [-0.39, 0.29) is 0 Å². The van der Waals surface area contributed by atoms with Gasteiger partial charge in [-0.25, -0.2) is 9.97 Å². The number of pyridine rings is 1. The first kappa shape index (κ1) is 9.19. The van der Waals surface area contributed by atoms with Gasteiger partial charge >= 0.3 is 0 Å². The minimum Gasteiger partial charge on any atom is -0.334 e. The van der Waals surface area contributed by atoms with E-state index in [1.54, 1.807) is 0 Å². The summed E-state index contributed by atoms with van der Waals surface area (Å²) in [5.74, 6) is 1.96. The van der Waals surface area contributed by atoms with Gasteiger partial charge in [0.05, 0.1) is 0 Å². The number of hydrogen-bond donors (Lipinski definition) is 0.